The summed E-state index contributed by atoms with van der Waals surface area (Å²) in [7, 11) is 0. The van der Waals surface area contributed by atoms with Gasteiger partial charge in [0.05, 0.1) is 5.97 Å². The molecule has 0 bridgehead atoms. The van der Waals surface area contributed by atoms with Crippen molar-refractivity contribution >= 4 is 17.9 Å². The number of carbonyl (C=O) groups excluding carboxylic acids is 3. The van der Waals surface area contributed by atoms with Crippen LogP contribution in [0.15, 0.2) is 0 Å². The predicted octanol–water partition coefficient (Wildman–Crippen LogP) is -11.2. The molecule has 0 aliphatic rings. The minimum Gasteiger partial charge on any atom is -0.550 e. The van der Waals surface area contributed by atoms with Gasteiger partial charge in [0.15, 0.2) is 0 Å². The van der Waals surface area contributed by atoms with Crippen LogP contribution in [0, 0.1) is 0 Å². The molecule has 0 unspecified atom stereocenters. The minimum absolute atomic E-state index is 0. The first-order chi connectivity index (χ1) is 5.78. The molecule has 0 saturated heterocycles. The molecule has 0 aliphatic heterocycles. The number of rotatable bonds is 5. The van der Waals surface area contributed by atoms with Crippen molar-refractivity contribution < 1.29 is 116 Å². The third-order valence-corrected chi connectivity index (χ3v) is 1.25. The Labute approximate surface area is 151 Å². The summed E-state index contributed by atoms with van der Waals surface area (Å²) in [6, 6.07) is 0. The van der Waals surface area contributed by atoms with Gasteiger partial charge in [0.2, 0.25) is 0 Å². The van der Waals surface area contributed by atoms with Gasteiger partial charge >= 0.3 is 81.5 Å². The topological polar surface area (TPSA) is 141 Å². The Morgan fingerprint density at radius 2 is 1.19 bits per heavy atom. The van der Waals surface area contributed by atoms with Crippen LogP contribution in [0.2, 0.25) is 0 Å². The van der Waals surface area contributed by atoms with Crippen molar-refractivity contribution in [2.75, 3.05) is 0 Å². The smallest absolute Gasteiger partial charge is 0.550 e. The van der Waals surface area contributed by atoms with Crippen LogP contribution in [0.5, 0.6) is 0 Å². The molecule has 0 saturated carbocycles. The van der Waals surface area contributed by atoms with Crippen LogP contribution in [0.4, 0.5) is 0 Å². The average molecular weight is 432 g/mol. The fraction of sp³-hybridized carbons (Fsp3) is 0.500. The van der Waals surface area contributed by atoms with E-state index in [-0.39, 0.29) is 81.5 Å². The molecule has 0 fully saturated rings. The van der Waals surface area contributed by atoms with Crippen molar-refractivity contribution in [3.05, 3.63) is 0 Å². The zero-order chi connectivity index (χ0) is 10.6. The average Bonchev–Trinajstić information content (AvgIpc) is 1.82. The Bertz CT molecular complexity index is 241. The molecule has 0 aromatic carbocycles. The van der Waals surface area contributed by atoms with Crippen LogP contribution in [-0.2, 0) is 36.8 Å². The van der Waals surface area contributed by atoms with Gasteiger partial charge in [-0.25, -0.2) is 0 Å². The number of carboxylic acids is 3. The molecular formula is C6H5AuNa2O7. The molecular weight excluding hydrogens is 427 g/mol. The van der Waals surface area contributed by atoms with E-state index in [1.54, 1.807) is 0 Å². The molecule has 0 aliphatic carbocycles. The summed E-state index contributed by atoms with van der Waals surface area (Å²) in [5.74, 6) is -5.98. The van der Waals surface area contributed by atoms with Gasteiger partial charge in [-0.3, -0.25) is 0 Å². The quantitative estimate of drug-likeness (QED) is 0.426. The van der Waals surface area contributed by atoms with E-state index >= 15 is 0 Å². The van der Waals surface area contributed by atoms with Gasteiger partial charge in [0, 0.05) is 24.8 Å². The van der Waals surface area contributed by atoms with Gasteiger partial charge in [-0.2, -0.15) is 0 Å². The molecule has 10 heteroatoms. The molecule has 84 valence electrons. The van der Waals surface area contributed by atoms with E-state index in [2.05, 4.69) is 0 Å². The summed E-state index contributed by atoms with van der Waals surface area (Å²) in [4.78, 5) is 30.0. The van der Waals surface area contributed by atoms with Gasteiger partial charge < -0.3 is 34.8 Å². The van der Waals surface area contributed by atoms with Gasteiger partial charge in [0.25, 0.3) is 0 Å². The fourth-order valence-corrected chi connectivity index (χ4v) is 0.684. The predicted molar refractivity (Wildman–Crippen MR) is 29.2 cm³/mol. The molecule has 0 aromatic heterocycles. The molecule has 16 heavy (non-hydrogen) atoms. The third-order valence-electron chi connectivity index (χ3n) is 1.25. The van der Waals surface area contributed by atoms with Gasteiger partial charge in [-0.05, 0) is 0 Å². The number of hydrogen-bond donors (Lipinski definition) is 1. The van der Waals surface area contributed by atoms with Crippen molar-refractivity contribution in [2.24, 2.45) is 0 Å². The number of aliphatic hydroxyl groups is 1. The van der Waals surface area contributed by atoms with Crippen molar-refractivity contribution in [2.45, 2.75) is 18.4 Å². The molecule has 1 N–H and O–H groups in total. The maximum absolute atomic E-state index is 10.1. The molecule has 0 spiro atoms. The summed E-state index contributed by atoms with van der Waals surface area (Å²) in [5.41, 5.74) is -2.97. The second-order valence-electron chi connectivity index (χ2n) is 2.42. The maximum Gasteiger partial charge on any atom is 1.00 e. The summed E-state index contributed by atoms with van der Waals surface area (Å²) in [6.45, 7) is 0. The van der Waals surface area contributed by atoms with Crippen molar-refractivity contribution in [3.8, 4) is 0 Å². The Hall–Kier alpha value is 1.11. The molecule has 7 nitrogen and oxygen atoms in total. The fourth-order valence-electron chi connectivity index (χ4n) is 0.684. The van der Waals surface area contributed by atoms with Crippen LogP contribution in [0.3, 0.4) is 0 Å². The summed E-state index contributed by atoms with van der Waals surface area (Å²) in [5, 5.41) is 38.9. The molecule has 0 radical (unpaired) electrons. The third kappa shape index (κ3) is 10.3. The summed E-state index contributed by atoms with van der Waals surface area (Å²) >= 11 is 0. The second kappa shape index (κ2) is 11.2. The SMILES string of the molecule is O=C([O-])CC(O)(CC(=O)[O-])C(=O)[O-].[Au+].[Na+].[Na+]. The maximum atomic E-state index is 10.1. The van der Waals surface area contributed by atoms with Crippen molar-refractivity contribution in [3.63, 3.8) is 0 Å². The first-order valence-corrected chi connectivity index (χ1v) is 3.11. The second-order valence-corrected chi connectivity index (χ2v) is 2.42. The monoisotopic (exact) mass is 432 g/mol. The Kier molecular flexibility index (Phi) is 18.1. The number of hydrogen-bond acceptors (Lipinski definition) is 7. The molecule has 0 atom stereocenters. The van der Waals surface area contributed by atoms with Crippen LogP contribution in [-0.4, -0.2) is 28.6 Å². The Balaban J connectivity index is -0.000000240. The van der Waals surface area contributed by atoms with E-state index in [9.17, 15) is 29.7 Å². The number of carboxylic acid groups (broad SMARTS) is 3. The molecule has 0 heterocycles. The standard InChI is InChI=1S/C6H8O7.Au.2Na/c7-3(8)1-6(13,5(11)12)2-4(9)10;;;/h13H,1-2H2,(H,7,8)(H,9,10)(H,11,12);;;/q;3*+1/p-3. The largest absolute Gasteiger partial charge is 1.00 e. The Morgan fingerprint density at radius 1 is 0.938 bits per heavy atom. The number of carbonyl (C=O) groups is 3. The van der Waals surface area contributed by atoms with Crippen LogP contribution in [0.1, 0.15) is 12.8 Å². The van der Waals surface area contributed by atoms with E-state index < -0.39 is 36.4 Å². The van der Waals surface area contributed by atoms with Crippen LogP contribution in [0.25, 0.3) is 0 Å². The zero-order valence-corrected chi connectivity index (χ0v) is 14.8. The first-order valence-electron chi connectivity index (χ1n) is 3.11. The van der Waals surface area contributed by atoms with Gasteiger partial charge in [0.1, 0.15) is 5.60 Å². The summed E-state index contributed by atoms with van der Waals surface area (Å²) in [6.07, 6.45) is -2.72. The molecule has 0 aromatic rings. The van der Waals surface area contributed by atoms with Gasteiger partial charge in [-0.15, -0.1) is 0 Å². The Morgan fingerprint density at radius 3 is 1.31 bits per heavy atom. The first kappa shape index (κ1) is 25.8. The molecule has 0 amide bonds. The van der Waals surface area contributed by atoms with E-state index in [1.165, 1.54) is 0 Å². The van der Waals surface area contributed by atoms with Crippen LogP contribution >= 0.6 is 0 Å². The minimum atomic E-state index is -2.97. The van der Waals surface area contributed by atoms with E-state index in [1.807, 2.05) is 0 Å². The van der Waals surface area contributed by atoms with Crippen molar-refractivity contribution in [1.82, 2.24) is 0 Å². The van der Waals surface area contributed by atoms with E-state index in [0.717, 1.165) is 0 Å². The number of aliphatic carboxylic acids is 3. The van der Waals surface area contributed by atoms with Gasteiger partial charge in [-0.1, -0.05) is 0 Å². The summed E-state index contributed by atoms with van der Waals surface area (Å²) < 4.78 is 0. The molecule has 0 rings (SSSR count). The van der Waals surface area contributed by atoms with Crippen molar-refractivity contribution in [1.29, 1.82) is 0 Å². The van der Waals surface area contributed by atoms with E-state index in [0.29, 0.717) is 0 Å². The zero-order valence-electron chi connectivity index (χ0n) is 8.61. The van der Waals surface area contributed by atoms with E-state index in [4.69, 9.17) is 5.11 Å². The normalized spacial score (nSPS) is 8.81. The van der Waals surface area contributed by atoms with Crippen LogP contribution < -0.4 is 74.4 Å².